The first kappa shape index (κ1) is 20.9. The predicted molar refractivity (Wildman–Crippen MR) is 89.6 cm³/mol. The third kappa shape index (κ3) is 10.6. The molecule has 0 rings (SSSR count). The molecule has 2 N–H and O–H groups in total. The molecule has 5 nitrogen and oxygen atoms in total. The second-order valence-corrected chi connectivity index (χ2v) is 6.84. The van der Waals surface area contributed by atoms with E-state index in [0.717, 1.165) is 38.6 Å². The van der Waals surface area contributed by atoms with Crippen molar-refractivity contribution in [1.82, 2.24) is 5.32 Å². The maximum atomic E-state index is 12.2. The number of aliphatic carboxylic acids is 1. The number of hydrogen-bond acceptors (Lipinski definition) is 2. The van der Waals surface area contributed by atoms with Gasteiger partial charge in [-0.05, 0) is 12.8 Å². The van der Waals surface area contributed by atoms with Gasteiger partial charge in [0.25, 0.3) is 0 Å². The zero-order valence-corrected chi connectivity index (χ0v) is 14.9. The average molecular weight is 315 g/mol. The van der Waals surface area contributed by atoms with Gasteiger partial charge in [-0.15, -0.1) is 0 Å². The van der Waals surface area contributed by atoms with Gasteiger partial charge in [0.15, 0.2) is 6.54 Å². The Morgan fingerprint density at radius 2 is 1.73 bits per heavy atom. The minimum absolute atomic E-state index is 0.115. The van der Waals surface area contributed by atoms with Crippen LogP contribution in [0.15, 0.2) is 0 Å². The van der Waals surface area contributed by atoms with Crippen molar-refractivity contribution in [1.29, 1.82) is 0 Å². The van der Waals surface area contributed by atoms with Crippen LogP contribution in [0.4, 0.5) is 0 Å². The Kier molecular flexibility index (Phi) is 10.9. The molecule has 130 valence electrons. The molecule has 0 aromatic heterocycles. The summed E-state index contributed by atoms with van der Waals surface area (Å²) >= 11 is 0. The summed E-state index contributed by atoms with van der Waals surface area (Å²) in [5, 5.41) is 11.9. The summed E-state index contributed by atoms with van der Waals surface area (Å²) in [5.74, 6) is -0.479. The van der Waals surface area contributed by atoms with E-state index in [1.54, 1.807) is 0 Å². The first-order chi connectivity index (χ1) is 10.3. The smallest absolute Gasteiger partial charge is 0.359 e. The molecule has 0 spiro atoms. The molecule has 22 heavy (non-hydrogen) atoms. The summed E-state index contributed by atoms with van der Waals surface area (Å²) in [6.45, 7) is 5.79. The number of quaternary nitrogens is 1. The lowest BCUT2D eigenvalue weighted by molar-refractivity contribution is -0.883. The van der Waals surface area contributed by atoms with Crippen LogP contribution in [-0.2, 0) is 9.59 Å². The fourth-order valence-corrected chi connectivity index (χ4v) is 2.70. The monoisotopic (exact) mass is 315 g/mol. The highest BCUT2D eigenvalue weighted by molar-refractivity contribution is 5.78. The van der Waals surface area contributed by atoms with Crippen LogP contribution >= 0.6 is 0 Å². The van der Waals surface area contributed by atoms with Crippen molar-refractivity contribution in [2.24, 2.45) is 5.92 Å². The molecule has 0 radical (unpaired) electrons. The first-order valence-electron chi connectivity index (χ1n) is 8.64. The van der Waals surface area contributed by atoms with Crippen molar-refractivity contribution < 1.29 is 19.2 Å². The second-order valence-electron chi connectivity index (χ2n) is 6.84. The fourth-order valence-electron chi connectivity index (χ4n) is 2.70. The van der Waals surface area contributed by atoms with Gasteiger partial charge in [-0.2, -0.15) is 0 Å². The van der Waals surface area contributed by atoms with Crippen LogP contribution in [0.2, 0.25) is 0 Å². The first-order valence-corrected chi connectivity index (χ1v) is 8.64. The molecule has 0 aromatic carbocycles. The Hall–Kier alpha value is -1.10. The Bertz CT molecular complexity index is 330. The molecule has 0 bridgehead atoms. The van der Waals surface area contributed by atoms with E-state index in [0.29, 0.717) is 11.0 Å². The number of hydrogen-bond donors (Lipinski definition) is 2. The van der Waals surface area contributed by atoms with Crippen molar-refractivity contribution in [3.63, 3.8) is 0 Å². The zero-order chi connectivity index (χ0) is 17.0. The fraction of sp³-hybridized carbons (Fsp3) is 0.882. The van der Waals surface area contributed by atoms with E-state index in [9.17, 15) is 9.59 Å². The van der Waals surface area contributed by atoms with Gasteiger partial charge in [0.2, 0.25) is 5.91 Å². The Labute approximate surface area is 135 Å². The molecule has 5 heteroatoms. The molecule has 0 aliphatic rings. The number of nitrogens with one attached hydrogen (secondary N) is 1. The minimum Gasteiger partial charge on any atom is -0.477 e. The molecule has 0 aliphatic heterocycles. The lowest BCUT2D eigenvalue weighted by Crippen LogP contribution is -2.45. The van der Waals surface area contributed by atoms with E-state index in [2.05, 4.69) is 19.2 Å². The summed E-state index contributed by atoms with van der Waals surface area (Å²) < 4.78 is 0.445. The maximum Gasteiger partial charge on any atom is 0.359 e. The van der Waals surface area contributed by atoms with Crippen molar-refractivity contribution in [3.8, 4) is 0 Å². The van der Waals surface area contributed by atoms with Crippen LogP contribution in [0.3, 0.4) is 0 Å². The molecular formula is C17H35N2O3+. The van der Waals surface area contributed by atoms with Crippen molar-refractivity contribution in [3.05, 3.63) is 0 Å². The van der Waals surface area contributed by atoms with Crippen molar-refractivity contribution in [2.75, 3.05) is 33.7 Å². The Balaban J connectivity index is 4.04. The lowest BCUT2D eigenvalue weighted by atomic mass is 9.95. The molecule has 1 amide bonds. The van der Waals surface area contributed by atoms with E-state index < -0.39 is 5.97 Å². The average Bonchev–Trinajstić information content (AvgIpc) is 2.41. The van der Waals surface area contributed by atoms with Gasteiger partial charge >= 0.3 is 5.97 Å². The summed E-state index contributed by atoms with van der Waals surface area (Å²) in [4.78, 5) is 23.0. The van der Waals surface area contributed by atoms with Crippen molar-refractivity contribution in [2.45, 2.75) is 58.8 Å². The molecule has 0 fully saturated rings. The molecule has 1 atom stereocenters. The van der Waals surface area contributed by atoms with Gasteiger partial charge < -0.3 is 14.9 Å². The number of likely N-dealkylation sites (N-methyl/N-ethyl adjacent to an activating group) is 1. The summed E-state index contributed by atoms with van der Waals surface area (Å²) in [6.07, 6.45) is 7.26. The van der Waals surface area contributed by atoms with E-state index in [1.165, 1.54) is 12.8 Å². The summed E-state index contributed by atoms with van der Waals surface area (Å²) in [6, 6.07) is 0. The highest BCUT2D eigenvalue weighted by Crippen LogP contribution is 2.16. The van der Waals surface area contributed by atoms with Gasteiger partial charge in [0.1, 0.15) is 0 Å². The lowest BCUT2D eigenvalue weighted by Gasteiger charge is -2.27. The Morgan fingerprint density at radius 1 is 1.05 bits per heavy atom. The minimum atomic E-state index is -0.784. The normalized spacial score (nSPS) is 12.9. The SMILES string of the molecule is CCCCCC(CCC)C(=O)NCCC[N+](C)(C)CC(=O)O. The number of carbonyl (C=O) groups is 2. The third-order valence-corrected chi connectivity index (χ3v) is 3.97. The number of carboxylic acids is 1. The topological polar surface area (TPSA) is 66.4 Å². The number of carboxylic acid groups (broad SMARTS) is 1. The van der Waals surface area contributed by atoms with E-state index in [4.69, 9.17) is 5.11 Å². The summed E-state index contributed by atoms with van der Waals surface area (Å²) in [7, 11) is 3.81. The zero-order valence-electron chi connectivity index (χ0n) is 14.9. The number of carbonyl (C=O) groups excluding carboxylic acids is 1. The molecule has 0 saturated carbocycles. The van der Waals surface area contributed by atoms with Gasteiger partial charge in [-0.1, -0.05) is 39.5 Å². The summed E-state index contributed by atoms with van der Waals surface area (Å²) in [5.41, 5.74) is 0. The van der Waals surface area contributed by atoms with E-state index >= 15 is 0 Å². The highest BCUT2D eigenvalue weighted by atomic mass is 16.4. The molecule has 0 aliphatic carbocycles. The Morgan fingerprint density at radius 3 is 2.27 bits per heavy atom. The van der Waals surface area contributed by atoms with E-state index in [-0.39, 0.29) is 18.4 Å². The second kappa shape index (κ2) is 11.5. The number of rotatable bonds is 13. The van der Waals surface area contributed by atoms with Gasteiger partial charge in [-0.25, -0.2) is 4.79 Å². The molecule has 0 saturated heterocycles. The number of nitrogens with zero attached hydrogens (tertiary/aromatic N) is 1. The van der Waals surface area contributed by atoms with Crippen LogP contribution in [0.5, 0.6) is 0 Å². The van der Waals surface area contributed by atoms with Gasteiger partial charge in [-0.3, -0.25) is 4.79 Å². The quantitative estimate of drug-likeness (QED) is 0.405. The number of unbranched alkanes of at least 4 members (excludes halogenated alkanes) is 2. The van der Waals surface area contributed by atoms with Crippen LogP contribution in [0.1, 0.15) is 58.8 Å². The molecular weight excluding hydrogens is 280 g/mol. The maximum absolute atomic E-state index is 12.2. The molecule has 1 unspecified atom stereocenters. The number of amides is 1. The van der Waals surface area contributed by atoms with Crippen LogP contribution in [0, 0.1) is 5.92 Å². The molecule has 0 heterocycles. The third-order valence-electron chi connectivity index (χ3n) is 3.97. The van der Waals surface area contributed by atoms with Crippen LogP contribution in [0.25, 0.3) is 0 Å². The van der Waals surface area contributed by atoms with Crippen molar-refractivity contribution >= 4 is 11.9 Å². The van der Waals surface area contributed by atoms with E-state index in [1.807, 2.05) is 14.1 Å². The molecule has 0 aromatic rings. The standard InChI is InChI=1S/C17H34N2O3/c1-5-7-8-11-15(10-6-2)17(22)18-12-9-13-19(3,4)14-16(20)21/h15H,5-14H2,1-4H3,(H-,18,20,21,22)/p+1. The highest BCUT2D eigenvalue weighted by Gasteiger charge is 2.20. The van der Waals surface area contributed by atoms with Crippen LogP contribution < -0.4 is 5.32 Å². The van der Waals surface area contributed by atoms with Crippen LogP contribution in [-0.4, -0.2) is 55.2 Å². The largest absolute Gasteiger partial charge is 0.477 e. The predicted octanol–water partition coefficient (Wildman–Crippen LogP) is 2.65. The van der Waals surface area contributed by atoms with Gasteiger partial charge in [0.05, 0.1) is 20.6 Å². The van der Waals surface area contributed by atoms with Gasteiger partial charge in [0, 0.05) is 18.9 Å².